The maximum atomic E-state index is 12.7. The summed E-state index contributed by atoms with van der Waals surface area (Å²) < 4.78 is 5.65. The molecule has 23 heavy (non-hydrogen) atoms. The van der Waals surface area contributed by atoms with Gasteiger partial charge in [0, 0.05) is 18.7 Å². The van der Waals surface area contributed by atoms with E-state index < -0.39 is 5.97 Å². The molecule has 1 rings (SSSR count). The summed E-state index contributed by atoms with van der Waals surface area (Å²) in [5.41, 5.74) is 0.525. The van der Waals surface area contributed by atoms with Gasteiger partial charge < -0.3 is 14.7 Å². The second kappa shape index (κ2) is 9.18. The molecule has 0 aliphatic heterocycles. The predicted molar refractivity (Wildman–Crippen MR) is 89.8 cm³/mol. The van der Waals surface area contributed by atoms with Gasteiger partial charge in [0.1, 0.15) is 5.75 Å². The monoisotopic (exact) mass is 321 g/mol. The van der Waals surface area contributed by atoms with Gasteiger partial charge in [-0.25, -0.2) is 0 Å². The number of nitrogens with zero attached hydrogens (tertiary/aromatic N) is 1. The number of benzene rings is 1. The first-order valence-electron chi connectivity index (χ1n) is 8.03. The lowest BCUT2D eigenvalue weighted by molar-refractivity contribution is -0.137. The van der Waals surface area contributed by atoms with E-state index >= 15 is 0 Å². The highest BCUT2D eigenvalue weighted by molar-refractivity contribution is 5.94. The Morgan fingerprint density at radius 1 is 1.17 bits per heavy atom. The first kappa shape index (κ1) is 19.0. The van der Waals surface area contributed by atoms with Crippen molar-refractivity contribution in [1.82, 2.24) is 4.90 Å². The Morgan fingerprint density at radius 3 is 2.43 bits per heavy atom. The Balaban J connectivity index is 2.85. The van der Waals surface area contributed by atoms with Crippen LogP contribution in [0.25, 0.3) is 0 Å². The minimum atomic E-state index is -0.902. The summed E-state index contributed by atoms with van der Waals surface area (Å²) in [5, 5.41) is 8.86. The molecule has 0 unspecified atom stereocenters. The lowest BCUT2D eigenvalue weighted by Gasteiger charge is -2.24. The second-order valence-corrected chi connectivity index (χ2v) is 6.52. The largest absolute Gasteiger partial charge is 0.493 e. The average molecular weight is 321 g/mol. The van der Waals surface area contributed by atoms with Gasteiger partial charge in [0.2, 0.25) is 0 Å². The van der Waals surface area contributed by atoms with Crippen molar-refractivity contribution in [3.63, 3.8) is 0 Å². The van der Waals surface area contributed by atoms with Gasteiger partial charge in [0.25, 0.3) is 5.91 Å². The van der Waals surface area contributed by atoms with Gasteiger partial charge in [-0.15, -0.1) is 0 Å². The Morgan fingerprint density at radius 2 is 1.87 bits per heavy atom. The van der Waals surface area contributed by atoms with E-state index in [1.54, 1.807) is 23.1 Å². The van der Waals surface area contributed by atoms with E-state index in [9.17, 15) is 9.59 Å². The zero-order valence-corrected chi connectivity index (χ0v) is 14.4. The van der Waals surface area contributed by atoms with Gasteiger partial charge >= 0.3 is 5.97 Å². The van der Waals surface area contributed by atoms with E-state index in [1.165, 1.54) is 0 Å². The van der Waals surface area contributed by atoms with Crippen LogP contribution in [-0.4, -0.2) is 41.6 Å². The van der Waals surface area contributed by atoms with Crippen LogP contribution in [0.4, 0.5) is 0 Å². The number of amides is 1. The molecule has 0 saturated heterocycles. The van der Waals surface area contributed by atoms with Gasteiger partial charge in [0.05, 0.1) is 13.0 Å². The van der Waals surface area contributed by atoms with E-state index in [4.69, 9.17) is 9.84 Å². The highest BCUT2D eigenvalue weighted by atomic mass is 16.5. The number of carboxylic acid groups (broad SMARTS) is 1. The van der Waals surface area contributed by atoms with Gasteiger partial charge in [-0.2, -0.15) is 0 Å². The quantitative estimate of drug-likeness (QED) is 0.758. The number of aliphatic carboxylic acids is 1. The fourth-order valence-electron chi connectivity index (χ4n) is 2.11. The maximum Gasteiger partial charge on any atom is 0.305 e. The molecule has 5 nitrogen and oxygen atoms in total. The fourth-order valence-corrected chi connectivity index (χ4v) is 2.11. The summed E-state index contributed by atoms with van der Waals surface area (Å²) in [5.74, 6) is 0.276. The third kappa shape index (κ3) is 7.17. The van der Waals surface area contributed by atoms with Crippen LogP contribution >= 0.6 is 0 Å². The molecule has 1 amide bonds. The zero-order valence-electron chi connectivity index (χ0n) is 14.4. The van der Waals surface area contributed by atoms with Crippen LogP contribution in [0.1, 0.15) is 44.5 Å². The summed E-state index contributed by atoms with van der Waals surface area (Å²) in [6.45, 7) is 9.46. The van der Waals surface area contributed by atoms with Crippen molar-refractivity contribution in [3.05, 3.63) is 29.8 Å². The van der Waals surface area contributed by atoms with E-state index in [1.807, 2.05) is 19.9 Å². The first-order chi connectivity index (χ1) is 10.8. The third-order valence-corrected chi connectivity index (χ3v) is 3.13. The molecule has 0 radical (unpaired) electrons. The standard InChI is InChI=1S/C18H27NO4/c1-13(2)11-19(9-8-17(20)21)18(22)15-6-5-7-16(10-15)23-12-14(3)4/h5-7,10,13-14H,8-9,11-12H2,1-4H3,(H,20,21). The molecule has 128 valence electrons. The number of hydrogen-bond donors (Lipinski definition) is 1. The van der Waals surface area contributed by atoms with Crippen LogP contribution in [0.3, 0.4) is 0 Å². The Hall–Kier alpha value is -2.04. The molecule has 0 aliphatic rings. The van der Waals surface area contributed by atoms with Crippen LogP contribution in [0, 0.1) is 11.8 Å². The minimum Gasteiger partial charge on any atom is -0.493 e. The maximum absolute atomic E-state index is 12.7. The number of carbonyl (C=O) groups excluding carboxylic acids is 1. The molecule has 0 spiro atoms. The van der Waals surface area contributed by atoms with Crippen molar-refractivity contribution in [1.29, 1.82) is 0 Å². The van der Waals surface area contributed by atoms with Crippen LogP contribution in [0.15, 0.2) is 24.3 Å². The number of rotatable bonds is 9. The van der Waals surface area contributed by atoms with E-state index in [0.717, 1.165) is 0 Å². The first-order valence-corrected chi connectivity index (χ1v) is 8.03. The van der Waals surface area contributed by atoms with Gasteiger partial charge in [-0.3, -0.25) is 9.59 Å². The molecule has 0 fully saturated rings. The number of carboxylic acids is 1. The van der Waals surface area contributed by atoms with Crippen molar-refractivity contribution in [3.8, 4) is 5.75 Å². The molecule has 1 N–H and O–H groups in total. The van der Waals surface area contributed by atoms with Crippen molar-refractivity contribution in [2.45, 2.75) is 34.1 Å². The summed E-state index contributed by atoms with van der Waals surface area (Å²) in [6, 6.07) is 7.06. The molecule has 0 bridgehead atoms. The predicted octanol–water partition coefficient (Wildman–Crippen LogP) is 3.29. The molecule has 0 saturated carbocycles. The van der Waals surface area contributed by atoms with Crippen molar-refractivity contribution >= 4 is 11.9 Å². The smallest absolute Gasteiger partial charge is 0.305 e. The normalized spacial score (nSPS) is 10.9. The van der Waals surface area contributed by atoms with Crippen LogP contribution < -0.4 is 4.74 Å². The summed E-state index contributed by atoms with van der Waals surface area (Å²) in [4.78, 5) is 25.1. The van der Waals surface area contributed by atoms with Gasteiger partial charge in [-0.1, -0.05) is 33.8 Å². The van der Waals surface area contributed by atoms with Crippen LogP contribution in [-0.2, 0) is 4.79 Å². The molecule has 0 atom stereocenters. The molecular formula is C18H27NO4. The number of carbonyl (C=O) groups is 2. The van der Waals surface area contributed by atoms with E-state index in [2.05, 4.69) is 13.8 Å². The van der Waals surface area contributed by atoms with Gasteiger partial charge in [-0.05, 0) is 30.0 Å². The fraction of sp³-hybridized carbons (Fsp3) is 0.556. The molecule has 5 heteroatoms. The lowest BCUT2D eigenvalue weighted by Crippen LogP contribution is -2.36. The van der Waals surface area contributed by atoms with E-state index in [-0.39, 0.29) is 24.8 Å². The van der Waals surface area contributed by atoms with Crippen molar-refractivity contribution < 1.29 is 19.4 Å². The summed E-state index contributed by atoms with van der Waals surface area (Å²) in [7, 11) is 0. The minimum absolute atomic E-state index is 0.0536. The van der Waals surface area contributed by atoms with Crippen LogP contribution in [0.2, 0.25) is 0 Å². The highest BCUT2D eigenvalue weighted by Crippen LogP contribution is 2.17. The molecule has 1 aromatic carbocycles. The Bertz CT molecular complexity index is 526. The molecular weight excluding hydrogens is 294 g/mol. The van der Waals surface area contributed by atoms with Gasteiger partial charge in [0.15, 0.2) is 0 Å². The van der Waals surface area contributed by atoms with Crippen LogP contribution in [0.5, 0.6) is 5.75 Å². The molecule has 0 heterocycles. The number of hydrogen-bond acceptors (Lipinski definition) is 3. The molecule has 0 aromatic heterocycles. The summed E-state index contributed by atoms with van der Waals surface area (Å²) >= 11 is 0. The summed E-state index contributed by atoms with van der Waals surface area (Å²) in [6.07, 6.45) is -0.0536. The average Bonchev–Trinajstić information content (AvgIpc) is 2.48. The second-order valence-electron chi connectivity index (χ2n) is 6.52. The van der Waals surface area contributed by atoms with Crippen molar-refractivity contribution in [2.24, 2.45) is 11.8 Å². The van der Waals surface area contributed by atoms with E-state index in [0.29, 0.717) is 30.4 Å². The highest BCUT2D eigenvalue weighted by Gasteiger charge is 2.18. The number of ether oxygens (including phenoxy) is 1. The SMILES string of the molecule is CC(C)COc1cccc(C(=O)N(CCC(=O)O)CC(C)C)c1. The molecule has 0 aliphatic carbocycles. The Labute approximate surface area is 138 Å². The lowest BCUT2D eigenvalue weighted by atomic mass is 10.1. The third-order valence-electron chi connectivity index (χ3n) is 3.13. The van der Waals surface area contributed by atoms with Crippen molar-refractivity contribution in [2.75, 3.05) is 19.7 Å². The zero-order chi connectivity index (χ0) is 17.4. The molecule has 1 aromatic rings. The topological polar surface area (TPSA) is 66.8 Å². The Kier molecular flexibility index (Phi) is 7.59.